The van der Waals surface area contributed by atoms with Crippen LogP contribution in [0.25, 0.3) is 11.0 Å². The number of fused-ring (bicyclic) bond motifs is 1. The number of hydrogen-bond donors (Lipinski definition) is 1. The number of aryl methyl sites for hydroxylation is 4. The lowest BCUT2D eigenvalue weighted by atomic mass is 9.99. The first-order valence-corrected chi connectivity index (χ1v) is 8.88. The minimum atomic E-state index is -0.105. The Kier molecular flexibility index (Phi) is 5.02. The van der Waals surface area contributed by atoms with E-state index in [1.54, 1.807) is 6.20 Å². The number of rotatable bonds is 5. The van der Waals surface area contributed by atoms with E-state index in [1.807, 2.05) is 50.7 Å². The van der Waals surface area contributed by atoms with Crippen LogP contribution in [-0.4, -0.2) is 25.7 Å². The van der Waals surface area contributed by atoms with Crippen molar-refractivity contribution in [2.45, 2.75) is 46.6 Å². The zero-order valence-corrected chi connectivity index (χ0v) is 16.0. The van der Waals surface area contributed by atoms with Crippen LogP contribution in [0.3, 0.4) is 0 Å². The second-order valence-electron chi connectivity index (χ2n) is 6.75. The Balaban J connectivity index is 1.73. The predicted octanol–water partition coefficient (Wildman–Crippen LogP) is 3.10. The van der Waals surface area contributed by atoms with Gasteiger partial charge in [0, 0.05) is 30.7 Å². The molecule has 0 spiro atoms. The monoisotopic (exact) mass is 351 g/mol. The van der Waals surface area contributed by atoms with Gasteiger partial charge in [-0.15, -0.1) is 0 Å². The maximum atomic E-state index is 12.4. The SMILES string of the molecule is Cc1nc2c(c(C)nn2C)c(C)c1CCC(=O)NC(C)c1ccccn1. The number of nitrogens with zero attached hydrogens (tertiary/aromatic N) is 4. The number of hydrogen-bond acceptors (Lipinski definition) is 4. The summed E-state index contributed by atoms with van der Waals surface area (Å²) in [6.07, 6.45) is 2.82. The molecule has 0 aliphatic carbocycles. The Morgan fingerprint density at radius 3 is 2.69 bits per heavy atom. The normalized spacial score (nSPS) is 12.3. The topological polar surface area (TPSA) is 72.7 Å². The third-order valence-corrected chi connectivity index (χ3v) is 4.84. The first-order valence-electron chi connectivity index (χ1n) is 8.88. The summed E-state index contributed by atoms with van der Waals surface area (Å²) < 4.78 is 1.82. The lowest BCUT2D eigenvalue weighted by molar-refractivity contribution is -0.121. The molecule has 0 aliphatic rings. The van der Waals surface area contributed by atoms with Gasteiger partial charge in [0.1, 0.15) is 0 Å². The highest BCUT2D eigenvalue weighted by Gasteiger charge is 2.17. The summed E-state index contributed by atoms with van der Waals surface area (Å²) in [4.78, 5) is 21.4. The van der Waals surface area contributed by atoms with E-state index in [0.29, 0.717) is 12.8 Å². The number of carbonyl (C=O) groups is 1. The van der Waals surface area contributed by atoms with Crippen LogP contribution in [0.4, 0.5) is 0 Å². The Hall–Kier alpha value is -2.76. The van der Waals surface area contributed by atoms with E-state index in [1.165, 1.54) is 5.56 Å². The summed E-state index contributed by atoms with van der Waals surface area (Å²) in [6.45, 7) is 8.04. The van der Waals surface area contributed by atoms with Crippen molar-refractivity contribution in [3.05, 3.63) is 52.6 Å². The zero-order chi connectivity index (χ0) is 18.8. The van der Waals surface area contributed by atoms with E-state index < -0.39 is 0 Å². The highest BCUT2D eigenvalue weighted by atomic mass is 16.1. The molecule has 0 aromatic carbocycles. The van der Waals surface area contributed by atoms with Crippen LogP contribution in [0.5, 0.6) is 0 Å². The second kappa shape index (κ2) is 7.23. The summed E-state index contributed by atoms with van der Waals surface area (Å²) in [5, 5.41) is 8.58. The fraction of sp³-hybridized carbons (Fsp3) is 0.400. The number of carbonyl (C=O) groups excluding carboxylic acids is 1. The number of nitrogens with one attached hydrogen (secondary N) is 1. The van der Waals surface area contributed by atoms with Crippen LogP contribution in [0.1, 0.15) is 47.6 Å². The molecule has 0 fully saturated rings. The second-order valence-corrected chi connectivity index (χ2v) is 6.75. The molecule has 26 heavy (non-hydrogen) atoms. The van der Waals surface area contributed by atoms with Crippen LogP contribution in [0, 0.1) is 20.8 Å². The molecule has 3 aromatic rings. The average molecular weight is 351 g/mol. The minimum absolute atomic E-state index is 0.0185. The van der Waals surface area contributed by atoms with Gasteiger partial charge in [-0.3, -0.25) is 14.5 Å². The van der Waals surface area contributed by atoms with E-state index in [-0.39, 0.29) is 11.9 Å². The van der Waals surface area contributed by atoms with Crippen LogP contribution in [-0.2, 0) is 18.3 Å². The molecule has 136 valence electrons. The van der Waals surface area contributed by atoms with Gasteiger partial charge in [-0.2, -0.15) is 5.10 Å². The Bertz CT molecular complexity index is 946. The molecule has 0 radical (unpaired) electrons. The van der Waals surface area contributed by atoms with Crippen molar-refractivity contribution >= 4 is 16.9 Å². The highest BCUT2D eigenvalue weighted by Crippen LogP contribution is 2.26. The maximum absolute atomic E-state index is 12.4. The van der Waals surface area contributed by atoms with Gasteiger partial charge in [0.05, 0.1) is 17.4 Å². The van der Waals surface area contributed by atoms with E-state index in [0.717, 1.165) is 33.7 Å². The molecule has 3 aromatic heterocycles. The van der Waals surface area contributed by atoms with E-state index in [4.69, 9.17) is 4.98 Å². The van der Waals surface area contributed by atoms with Crippen molar-refractivity contribution in [3.63, 3.8) is 0 Å². The van der Waals surface area contributed by atoms with Crippen molar-refractivity contribution in [1.29, 1.82) is 0 Å². The number of pyridine rings is 2. The lowest BCUT2D eigenvalue weighted by Gasteiger charge is -2.14. The molecule has 3 heterocycles. The fourth-order valence-electron chi connectivity index (χ4n) is 3.49. The Morgan fingerprint density at radius 2 is 2.00 bits per heavy atom. The molecule has 1 unspecified atom stereocenters. The van der Waals surface area contributed by atoms with Gasteiger partial charge in [-0.25, -0.2) is 4.98 Å². The zero-order valence-electron chi connectivity index (χ0n) is 16.0. The molecule has 0 saturated carbocycles. The standard InChI is InChI=1S/C20H25N5O/c1-12-16(13(2)23-20-19(12)15(4)24-25(20)5)9-10-18(26)22-14(3)17-8-6-7-11-21-17/h6-8,11,14H,9-10H2,1-5H3,(H,22,26). The molecule has 6 heteroatoms. The highest BCUT2D eigenvalue weighted by molar-refractivity contribution is 5.84. The molecule has 1 N–H and O–H groups in total. The van der Waals surface area contributed by atoms with Crippen molar-refractivity contribution in [2.75, 3.05) is 0 Å². The molecule has 3 rings (SSSR count). The van der Waals surface area contributed by atoms with Crippen LogP contribution in [0.15, 0.2) is 24.4 Å². The summed E-state index contributed by atoms with van der Waals surface area (Å²) in [6, 6.07) is 5.61. The molecule has 0 aliphatic heterocycles. The van der Waals surface area contributed by atoms with Crippen molar-refractivity contribution < 1.29 is 4.79 Å². The predicted molar refractivity (Wildman–Crippen MR) is 102 cm³/mol. The summed E-state index contributed by atoms with van der Waals surface area (Å²) in [5.41, 5.74) is 6.00. The average Bonchev–Trinajstić information content (AvgIpc) is 2.89. The van der Waals surface area contributed by atoms with Crippen LogP contribution >= 0.6 is 0 Å². The number of aromatic nitrogens is 4. The van der Waals surface area contributed by atoms with E-state index in [2.05, 4.69) is 22.3 Å². The fourth-order valence-corrected chi connectivity index (χ4v) is 3.49. The van der Waals surface area contributed by atoms with Gasteiger partial charge in [0.2, 0.25) is 5.91 Å². The largest absolute Gasteiger partial charge is 0.348 e. The molecule has 6 nitrogen and oxygen atoms in total. The van der Waals surface area contributed by atoms with Gasteiger partial charge in [0.15, 0.2) is 5.65 Å². The maximum Gasteiger partial charge on any atom is 0.220 e. The quantitative estimate of drug-likeness (QED) is 0.767. The molecule has 0 saturated heterocycles. The molecular formula is C20H25N5O. The van der Waals surface area contributed by atoms with Crippen molar-refractivity contribution in [2.24, 2.45) is 7.05 Å². The van der Waals surface area contributed by atoms with E-state index >= 15 is 0 Å². The summed E-state index contributed by atoms with van der Waals surface area (Å²) in [7, 11) is 1.91. The smallest absolute Gasteiger partial charge is 0.220 e. The minimum Gasteiger partial charge on any atom is -0.348 e. The summed E-state index contributed by atoms with van der Waals surface area (Å²) in [5.74, 6) is 0.0185. The number of amides is 1. The molecule has 0 bridgehead atoms. The van der Waals surface area contributed by atoms with Crippen molar-refractivity contribution in [3.8, 4) is 0 Å². The van der Waals surface area contributed by atoms with Gasteiger partial charge in [-0.1, -0.05) is 6.07 Å². The van der Waals surface area contributed by atoms with Gasteiger partial charge in [-0.05, 0) is 57.4 Å². The van der Waals surface area contributed by atoms with Gasteiger partial charge < -0.3 is 5.32 Å². The Labute approximate surface area is 153 Å². The Morgan fingerprint density at radius 1 is 1.23 bits per heavy atom. The molecule has 1 amide bonds. The third kappa shape index (κ3) is 3.45. The third-order valence-electron chi connectivity index (χ3n) is 4.84. The van der Waals surface area contributed by atoms with Gasteiger partial charge >= 0.3 is 0 Å². The first kappa shape index (κ1) is 18.0. The van der Waals surface area contributed by atoms with Crippen LogP contribution in [0.2, 0.25) is 0 Å². The van der Waals surface area contributed by atoms with Gasteiger partial charge in [0.25, 0.3) is 0 Å². The van der Waals surface area contributed by atoms with Crippen LogP contribution < -0.4 is 5.32 Å². The van der Waals surface area contributed by atoms with E-state index in [9.17, 15) is 4.79 Å². The molecule has 1 atom stereocenters. The summed E-state index contributed by atoms with van der Waals surface area (Å²) >= 11 is 0. The first-order chi connectivity index (χ1) is 12.4. The molecular weight excluding hydrogens is 326 g/mol. The lowest BCUT2D eigenvalue weighted by Crippen LogP contribution is -2.27. The van der Waals surface area contributed by atoms with Crippen molar-refractivity contribution in [1.82, 2.24) is 25.1 Å².